The van der Waals surface area contributed by atoms with Crippen LogP contribution in [-0.4, -0.2) is 51.8 Å². The molecule has 8 nitrogen and oxygen atoms in total. The smallest absolute Gasteiger partial charge is 0.338 e. The first kappa shape index (κ1) is 20.8. The molecule has 2 rings (SSSR count). The van der Waals surface area contributed by atoms with Gasteiger partial charge in [-0.2, -0.15) is 0 Å². The van der Waals surface area contributed by atoms with Gasteiger partial charge in [-0.15, -0.1) is 0 Å². The fraction of sp³-hybridized carbons (Fsp3) is 0.250. The molecule has 0 aliphatic rings. The van der Waals surface area contributed by atoms with Crippen molar-refractivity contribution in [2.24, 2.45) is 0 Å². The van der Waals surface area contributed by atoms with Crippen molar-refractivity contribution in [1.82, 2.24) is 5.32 Å². The zero-order chi connectivity index (χ0) is 20.4. The van der Waals surface area contributed by atoms with E-state index in [0.29, 0.717) is 18.9 Å². The van der Waals surface area contributed by atoms with Crippen molar-refractivity contribution >= 4 is 17.8 Å². The minimum Gasteiger partial charge on any atom is -0.492 e. The highest BCUT2D eigenvalue weighted by atomic mass is 16.5. The molecule has 8 heteroatoms. The summed E-state index contributed by atoms with van der Waals surface area (Å²) < 4.78 is 20.1. The number of nitrogens with one attached hydrogen (secondary N) is 1. The molecule has 0 bridgehead atoms. The van der Waals surface area contributed by atoms with Crippen LogP contribution in [0.3, 0.4) is 0 Å². The Kier molecular flexibility index (Phi) is 7.83. The summed E-state index contributed by atoms with van der Waals surface area (Å²) in [5.41, 5.74) is 0.217. The Morgan fingerprint density at radius 1 is 0.821 bits per heavy atom. The maximum Gasteiger partial charge on any atom is 0.338 e. The molecule has 0 aromatic heterocycles. The summed E-state index contributed by atoms with van der Waals surface area (Å²) in [6.07, 6.45) is 0. The van der Waals surface area contributed by atoms with Crippen molar-refractivity contribution in [3.63, 3.8) is 0 Å². The molecule has 0 unspecified atom stereocenters. The van der Waals surface area contributed by atoms with Gasteiger partial charge in [0.2, 0.25) is 0 Å². The minimum atomic E-state index is -0.641. The lowest BCUT2D eigenvalue weighted by Gasteiger charge is -2.11. The van der Waals surface area contributed by atoms with E-state index in [1.54, 1.807) is 0 Å². The summed E-state index contributed by atoms with van der Waals surface area (Å²) in [4.78, 5) is 35.4. The Balaban J connectivity index is 1.87. The van der Waals surface area contributed by atoms with Gasteiger partial charge in [0.15, 0.2) is 6.61 Å². The molecule has 0 radical (unpaired) electrons. The molecule has 28 heavy (non-hydrogen) atoms. The number of benzene rings is 2. The largest absolute Gasteiger partial charge is 0.492 e. The molecule has 0 saturated heterocycles. The normalized spacial score (nSPS) is 9.93. The van der Waals surface area contributed by atoms with Gasteiger partial charge in [-0.3, -0.25) is 4.79 Å². The number of ether oxygens (including phenoxy) is 4. The summed E-state index contributed by atoms with van der Waals surface area (Å²) >= 11 is 0. The Hall–Kier alpha value is -3.55. The lowest BCUT2D eigenvalue weighted by Crippen LogP contribution is -2.32. The van der Waals surface area contributed by atoms with Crippen LogP contribution in [0, 0.1) is 0 Å². The number of esters is 2. The molecule has 148 valence electrons. The molecule has 2 aromatic carbocycles. The molecular weight excluding hydrogens is 366 g/mol. The highest BCUT2D eigenvalue weighted by molar-refractivity contribution is 5.96. The van der Waals surface area contributed by atoms with E-state index in [9.17, 15) is 14.4 Å². The lowest BCUT2D eigenvalue weighted by molar-refractivity contribution is -0.123. The fourth-order valence-corrected chi connectivity index (χ4v) is 2.23. The van der Waals surface area contributed by atoms with Gasteiger partial charge in [0.05, 0.1) is 31.9 Å². The topological polar surface area (TPSA) is 100 Å². The molecule has 1 amide bonds. The summed E-state index contributed by atoms with van der Waals surface area (Å²) in [7, 11) is 2.44. The molecule has 0 aliphatic carbocycles. The van der Waals surface area contributed by atoms with Crippen LogP contribution in [0.25, 0.3) is 0 Å². The van der Waals surface area contributed by atoms with Gasteiger partial charge in [-0.25, -0.2) is 9.59 Å². The number of carbonyl (C=O) groups is 3. The van der Waals surface area contributed by atoms with Crippen molar-refractivity contribution < 1.29 is 33.3 Å². The Morgan fingerprint density at radius 3 is 2.00 bits per heavy atom. The van der Waals surface area contributed by atoms with Crippen molar-refractivity contribution in [2.45, 2.75) is 0 Å². The molecule has 0 aliphatic heterocycles. The molecule has 0 atom stereocenters. The molecule has 0 spiro atoms. The average molecular weight is 387 g/mol. The van der Waals surface area contributed by atoms with Crippen molar-refractivity contribution in [3.8, 4) is 11.5 Å². The highest BCUT2D eigenvalue weighted by Crippen LogP contribution is 2.19. The van der Waals surface area contributed by atoms with Crippen LogP contribution in [0.15, 0.2) is 48.5 Å². The number of methoxy groups -OCH3 is 2. The number of para-hydroxylation sites is 1. The van der Waals surface area contributed by atoms with Crippen LogP contribution in [0.5, 0.6) is 11.5 Å². The highest BCUT2D eigenvalue weighted by Gasteiger charge is 2.15. The van der Waals surface area contributed by atoms with E-state index in [0.717, 1.165) is 0 Å². The van der Waals surface area contributed by atoms with E-state index in [1.165, 1.54) is 32.4 Å². The third kappa shape index (κ3) is 6.31. The van der Waals surface area contributed by atoms with Crippen LogP contribution in [-0.2, 0) is 14.3 Å². The van der Waals surface area contributed by atoms with E-state index in [1.807, 2.05) is 30.3 Å². The molecular formula is C20H21NO7. The van der Waals surface area contributed by atoms with Crippen LogP contribution in [0.4, 0.5) is 0 Å². The second-order valence-corrected chi connectivity index (χ2v) is 5.53. The first-order chi connectivity index (χ1) is 13.5. The maximum absolute atomic E-state index is 11.9. The van der Waals surface area contributed by atoms with E-state index in [-0.39, 0.29) is 29.4 Å². The van der Waals surface area contributed by atoms with Crippen LogP contribution in [0.1, 0.15) is 20.7 Å². The first-order valence-electron chi connectivity index (χ1n) is 8.42. The standard InChI is InChI=1S/C20H21NO7/c1-25-19(23)14-10-15(20(24)26-2)12-17(11-14)28-13-18(22)21-8-9-27-16-6-4-3-5-7-16/h3-7,10-12H,8-9,13H2,1-2H3,(H,21,22). The zero-order valence-corrected chi connectivity index (χ0v) is 15.6. The molecule has 0 heterocycles. The molecule has 2 aromatic rings. The van der Waals surface area contributed by atoms with Gasteiger partial charge in [-0.05, 0) is 30.3 Å². The minimum absolute atomic E-state index is 0.108. The number of rotatable bonds is 9. The van der Waals surface area contributed by atoms with Crippen LogP contribution in [0.2, 0.25) is 0 Å². The first-order valence-corrected chi connectivity index (χ1v) is 8.42. The van der Waals surface area contributed by atoms with E-state index in [2.05, 4.69) is 14.8 Å². The quantitative estimate of drug-likeness (QED) is 0.517. The van der Waals surface area contributed by atoms with Gasteiger partial charge < -0.3 is 24.3 Å². The SMILES string of the molecule is COC(=O)c1cc(OCC(=O)NCCOc2ccccc2)cc(C(=O)OC)c1. The molecule has 1 N–H and O–H groups in total. The van der Waals surface area contributed by atoms with E-state index < -0.39 is 11.9 Å². The molecule has 0 saturated carbocycles. The second kappa shape index (κ2) is 10.6. The summed E-state index contributed by atoms with van der Waals surface area (Å²) in [6, 6.07) is 13.3. The Morgan fingerprint density at radius 2 is 1.43 bits per heavy atom. The predicted molar refractivity (Wildman–Crippen MR) is 99.6 cm³/mol. The van der Waals surface area contributed by atoms with Crippen molar-refractivity contribution in [1.29, 1.82) is 0 Å². The summed E-state index contributed by atoms with van der Waals surface area (Å²) in [6.45, 7) is 0.309. The fourth-order valence-electron chi connectivity index (χ4n) is 2.23. The Bertz CT molecular complexity index is 786. The van der Waals surface area contributed by atoms with Gasteiger partial charge in [0.25, 0.3) is 5.91 Å². The lowest BCUT2D eigenvalue weighted by atomic mass is 10.1. The third-order valence-corrected chi connectivity index (χ3v) is 3.55. The van der Waals surface area contributed by atoms with Crippen molar-refractivity contribution in [3.05, 3.63) is 59.7 Å². The number of hydrogen-bond acceptors (Lipinski definition) is 7. The monoisotopic (exact) mass is 387 g/mol. The predicted octanol–water partition coefficient (Wildman–Crippen LogP) is 1.83. The van der Waals surface area contributed by atoms with Crippen molar-refractivity contribution in [2.75, 3.05) is 34.0 Å². The second-order valence-electron chi connectivity index (χ2n) is 5.53. The molecule has 0 fully saturated rings. The van der Waals surface area contributed by atoms with E-state index in [4.69, 9.17) is 9.47 Å². The van der Waals surface area contributed by atoms with Gasteiger partial charge in [0, 0.05) is 0 Å². The van der Waals surface area contributed by atoms with Gasteiger partial charge >= 0.3 is 11.9 Å². The number of amides is 1. The summed E-state index contributed by atoms with van der Waals surface area (Å²) in [5.74, 6) is -0.780. The number of hydrogen-bond donors (Lipinski definition) is 1. The van der Waals surface area contributed by atoms with Gasteiger partial charge in [0.1, 0.15) is 18.1 Å². The zero-order valence-electron chi connectivity index (χ0n) is 15.6. The Labute approximate surface area is 162 Å². The van der Waals surface area contributed by atoms with Crippen LogP contribution >= 0.6 is 0 Å². The summed E-state index contributed by atoms with van der Waals surface area (Å²) in [5, 5.41) is 2.65. The average Bonchev–Trinajstić information content (AvgIpc) is 2.74. The van der Waals surface area contributed by atoms with Crippen LogP contribution < -0.4 is 14.8 Å². The number of carbonyl (C=O) groups excluding carboxylic acids is 3. The van der Waals surface area contributed by atoms with Gasteiger partial charge in [-0.1, -0.05) is 18.2 Å². The van der Waals surface area contributed by atoms with E-state index >= 15 is 0 Å². The third-order valence-electron chi connectivity index (χ3n) is 3.55. The maximum atomic E-state index is 11.9.